The number of methoxy groups -OCH3 is 1. The van der Waals surface area contributed by atoms with Gasteiger partial charge in [0.05, 0.1) is 0 Å². The highest BCUT2D eigenvalue weighted by Crippen LogP contribution is 2.29. The van der Waals surface area contributed by atoms with Crippen LogP contribution >= 0.6 is 0 Å². The Balaban J connectivity index is 1.85. The Morgan fingerprint density at radius 2 is 1.90 bits per heavy atom. The number of hydrogen-bond acceptors (Lipinski definition) is 5. The van der Waals surface area contributed by atoms with E-state index < -0.39 is 11.9 Å². The van der Waals surface area contributed by atoms with Crippen LogP contribution in [0.25, 0.3) is 11.1 Å². The molecule has 1 N–H and O–H groups in total. The van der Waals surface area contributed by atoms with Crippen molar-refractivity contribution in [3.63, 3.8) is 0 Å². The number of rotatable bonds is 7. The molecular weight excluding hydrogens is 381 g/mol. The van der Waals surface area contributed by atoms with E-state index in [1.54, 1.807) is 13.3 Å². The number of benzene rings is 1. The maximum atomic E-state index is 12.9. The molecule has 0 saturated carbocycles. The van der Waals surface area contributed by atoms with Crippen LogP contribution in [0.5, 0.6) is 0 Å². The Labute approximate surface area is 167 Å². The molecule has 29 heavy (non-hydrogen) atoms. The summed E-state index contributed by atoms with van der Waals surface area (Å²) in [5.74, 6) is -0.109. The van der Waals surface area contributed by atoms with Crippen LogP contribution < -0.4 is 5.32 Å². The quantitative estimate of drug-likeness (QED) is 0.551. The molecule has 2 aromatic heterocycles. The SMILES string of the molecule is COCCCc1cncc(-c2cc(C)cc(Nc3nccc(C(F)(F)F)n3)c2)c1. The lowest BCUT2D eigenvalue weighted by atomic mass is 10.0. The fourth-order valence-electron chi connectivity index (χ4n) is 2.93. The molecule has 152 valence electrons. The van der Waals surface area contributed by atoms with E-state index in [9.17, 15) is 13.2 Å². The highest BCUT2D eigenvalue weighted by atomic mass is 19.4. The van der Waals surface area contributed by atoms with Crippen LogP contribution in [-0.4, -0.2) is 28.7 Å². The van der Waals surface area contributed by atoms with Gasteiger partial charge in [0.1, 0.15) is 5.69 Å². The minimum absolute atomic E-state index is 0.109. The molecule has 5 nitrogen and oxygen atoms in total. The van der Waals surface area contributed by atoms with E-state index in [1.165, 1.54) is 0 Å². The van der Waals surface area contributed by atoms with Crippen LogP contribution in [0.3, 0.4) is 0 Å². The van der Waals surface area contributed by atoms with Gasteiger partial charge in [-0.15, -0.1) is 0 Å². The molecule has 0 radical (unpaired) electrons. The van der Waals surface area contributed by atoms with Crippen molar-refractivity contribution in [1.29, 1.82) is 0 Å². The summed E-state index contributed by atoms with van der Waals surface area (Å²) in [5.41, 5.74) is 3.48. The van der Waals surface area contributed by atoms with E-state index in [0.29, 0.717) is 12.3 Å². The van der Waals surface area contributed by atoms with Gasteiger partial charge >= 0.3 is 6.18 Å². The lowest BCUT2D eigenvalue weighted by molar-refractivity contribution is -0.141. The van der Waals surface area contributed by atoms with E-state index in [0.717, 1.165) is 47.4 Å². The Bertz CT molecular complexity index is 976. The van der Waals surface area contributed by atoms with Gasteiger partial charge in [-0.25, -0.2) is 9.97 Å². The predicted molar refractivity (Wildman–Crippen MR) is 105 cm³/mol. The Morgan fingerprint density at radius 1 is 1.07 bits per heavy atom. The lowest BCUT2D eigenvalue weighted by Gasteiger charge is -2.11. The number of pyridine rings is 1. The van der Waals surface area contributed by atoms with Gasteiger partial charge in [0.2, 0.25) is 5.95 Å². The van der Waals surface area contributed by atoms with Crippen molar-refractivity contribution in [3.8, 4) is 11.1 Å². The normalized spacial score (nSPS) is 11.5. The van der Waals surface area contributed by atoms with Gasteiger partial charge in [-0.2, -0.15) is 13.2 Å². The van der Waals surface area contributed by atoms with E-state index in [1.807, 2.05) is 31.3 Å². The first-order valence-corrected chi connectivity index (χ1v) is 9.07. The van der Waals surface area contributed by atoms with E-state index in [-0.39, 0.29) is 5.95 Å². The summed E-state index contributed by atoms with van der Waals surface area (Å²) in [7, 11) is 1.67. The fourth-order valence-corrected chi connectivity index (χ4v) is 2.93. The van der Waals surface area contributed by atoms with Crippen molar-refractivity contribution in [3.05, 3.63) is 65.7 Å². The molecule has 0 spiro atoms. The molecule has 8 heteroatoms. The first kappa shape index (κ1) is 20.7. The number of nitrogens with zero attached hydrogens (tertiary/aromatic N) is 3. The minimum Gasteiger partial charge on any atom is -0.385 e. The third-order valence-corrected chi connectivity index (χ3v) is 4.22. The van der Waals surface area contributed by atoms with Gasteiger partial charge < -0.3 is 10.1 Å². The summed E-state index contributed by atoms with van der Waals surface area (Å²) >= 11 is 0. The molecule has 0 amide bonds. The number of aryl methyl sites for hydroxylation is 2. The number of aromatic nitrogens is 3. The Morgan fingerprint density at radius 3 is 2.66 bits per heavy atom. The zero-order valence-corrected chi connectivity index (χ0v) is 16.1. The zero-order valence-electron chi connectivity index (χ0n) is 16.1. The molecule has 0 saturated heterocycles. The average Bonchev–Trinajstić information content (AvgIpc) is 2.68. The summed E-state index contributed by atoms with van der Waals surface area (Å²) in [6.45, 7) is 2.59. The maximum Gasteiger partial charge on any atom is 0.433 e. The van der Waals surface area contributed by atoms with Crippen molar-refractivity contribution >= 4 is 11.6 Å². The van der Waals surface area contributed by atoms with Crippen LogP contribution in [-0.2, 0) is 17.3 Å². The molecule has 1 aromatic carbocycles. The monoisotopic (exact) mass is 402 g/mol. The molecule has 0 unspecified atom stereocenters. The summed E-state index contributed by atoms with van der Waals surface area (Å²) < 4.78 is 43.7. The minimum atomic E-state index is -4.52. The number of nitrogens with one attached hydrogen (secondary N) is 1. The van der Waals surface area contributed by atoms with Gasteiger partial charge in [-0.1, -0.05) is 6.07 Å². The fraction of sp³-hybridized carbons (Fsp3) is 0.286. The number of anilines is 2. The van der Waals surface area contributed by atoms with Crippen molar-refractivity contribution in [2.45, 2.75) is 25.9 Å². The van der Waals surface area contributed by atoms with Crippen molar-refractivity contribution in [1.82, 2.24) is 15.0 Å². The molecule has 2 heterocycles. The maximum absolute atomic E-state index is 12.9. The smallest absolute Gasteiger partial charge is 0.385 e. The molecule has 0 aliphatic heterocycles. The van der Waals surface area contributed by atoms with Crippen molar-refractivity contribution < 1.29 is 17.9 Å². The largest absolute Gasteiger partial charge is 0.433 e. The second kappa shape index (κ2) is 9.00. The van der Waals surface area contributed by atoms with Crippen LogP contribution in [0, 0.1) is 6.92 Å². The van der Waals surface area contributed by atoms with E-state index in [2.05, 4.69) is 26.3 Å². The highest BCUT2D eigenvalue weighted by Gasteiger charge is 2.32. The first-order chi connectivity index (χ1) is 13.8. The van der Waals surface area contributed by atoms with Gasteiger partial charge in [0.15, 0.2) is 0 Å². The summed E-state index contributed by atoms with van der Waals surface area (Å²) in [4.78, 5) is 11.8. The first-order valence-electron chi connectivity index (χ1n) is 9.07. The predicted octanol–water partition coefficient (Wildman–Crippen LogP) is 5.19. The molecule has 0 aliphatic rings. The second-order valence-electron chi connectivity index (χ2n) is 6.65. The van der Waals surface area contributed by atoms with Crippen molar-refractivity contribution in [2.24, 2.45) is 0 Å². The van der Waals surface area contributed by atoms with Crippen molar-refractivity contribution in [2.75, 3.05) is 19.0 Å². The van der Waals surface area contributed by atoms with Crippen LogP contribution in [0.4, 0.5) is 24.8 Å². The third-order valence-electron chi connectivity index (χ3n) is 4.22. The molecule has 0 bridgehead atoms. The van der Waals surface area contributed by atoms with Crippen LogP contribution in [0.2, 0.25) is 0 Å². The summed E-state index contributed by atoms with van der Waals surface area (Å²) in [6.07, 6.45) is 1.90. The van der Waals surface area contributed by atoms with Gasteiger partial charge in [0, 0.05) is 43.6 Å². The molecule has 3 aromatic rings. The average molecular weight is 402 g/mol. The molecular formula is C21H21F3N4O. The highest BCUT2D eigenvalue weighted by molar-refractivity contribution is 5.70. The van der Waals surface area contributed by atoms with Crippen LogP contribution in [0.15, 0.2) is 48.9 Å². The Kier molecular flexibility index (Phi) is 6.43. The Hall–Kier alpha value is -3.00. The standard InChI is InChI=1S/C21H21F3N4O/c1-14-8-16(17-10-15(12-25-13-17)4-3-7-29-2)11-18(9-14)27-20-26-6-5-19(28-20)21(22,23)24/h5-6,8-13H,3-4,7H2,1-2H3,(H,26,27,28). The number of alkyl halides is 3. The lowest BCUT2D eigenvalue weighted by Crippen LogP contribution is -2.10. The molecule has 0 aliphatic carbocycles. The summed E-state index contributed by atoms with van der Waals surface area (Å²) in [5, 5.41) is 2.86. The molecule has 0 atom stereocenters. The van der Waals surface area contributed by atoms with Gasteiger partial charge in [-0.05, 0) is 60.7 Å². The third kappa shape index (κ3) is 5.74. The topological polar surface area (TPSA) is 59.9 Å². The van der Waals surface area contributed by atoms with Gasteiger partial charge in [0.25, 0.3) is 0 Å². The van der Waals surface area contributed by atoms with E-state index >= 15 is 0 Å². The summed E-state index contributed by atoms with van der Waals surface area (Å²) in [6, 6.07) is 8.55. The van der Waals surface area contributed by atoms with Crippen LogP contribution in [0.1, 0.15) is 23.2 Å². The van der Waals surface area contributed by atoms with E-state index in [4.69, 9.17) is 4.74 Å². The van der Waals surface area contributed by atoms with Gasteiger partial charge in [-0.3, -0.25) is 4.98 Å². The molecule has 0 fully saturated rings. The number of ether oxygens (including phenoxy) is 1. The molecule has 3 rings (SSSR count). The number of halogens is 3. The zero-order chi connectivity index (χ0) is 20.9. The second-order valence-corrected chi connectivity index (χ2v) is 6.65. The number of hydrogen-bond donors (Lipinski definition) is 1.